The molecule has 2 aromatic rings. The number of rotatable bonds is 3. The molecule has 0 radical (unpaired) electrons. The van der Waals surface area contributed by atoms with E-state index in [0.29, 0.717) is 16.4 Å². The summed E-state index contributed by atoms with van der Waals surface area (Å²) in [6.45, 7) is 0. The molecule has 2 aromatic carbocycles. The van der Waals surface area contributed by atoms with Crippen molar-refractivity contribution >= 4 is 64.6 Å². The van der Waals surface area contributed by atoms with Crippen molar-refractivity contribution in [1.82, 2.24) is 0 Å². The number of thiocarbonyl (C=S) groups is 1. The SMILES string of the molecule is Cl.NC(=S)N(c1ccccc1)c1cc(C(=O)N=C(N)N)ccc1Cl. The third-order valence-corrected chi connectivity index (χ3v) is 3.40. The fraction of sp³-hybridized carbons (Fsp3) is 0. The first-order valence-corrected chi connectivity index (χ1v) is 7.27. The second-order valence-corrected chi connectivity index (χ2v) is 5.34. The van der Waals surface area contributed by atoms with Crippen molar-refractivity contribution in [2.45, 2.75) is 0 Å². The lowest BCUT2D eigenvalue weighted by atomic mass is 10.1. The summed E-state index contributed by atoms with van der Waals surface area (Å²) in [5, 5.41) is 0.465. The summed E-state index contributed by atoms with van der Waals surface area (Å²) in [5.41, 5.74) is 17.7. The van der Waals surface area contributed by atoms with Gasteiger partial charge in [-0.1, -0.05) is 29.8 Å². The van der Waals surface area contributed by atoms with Gasteiger partial charge in [-0.25, -0.2) is 0 Å². The molecule has 0 saturated heterocycles. The number of benzene rings is 2. The molecule has 9 heteroatoms. The molecular weight excluding hydrogens is 369 g/mol. The largest absolute Gasteiger partial charge is 0.376 e. The van der Waals surface area contributed by atoms with Gasteiger partial charge in [0.05, 0.1) is 10.7 Å². The zero-order valence-electron chi connectivity index (χ0n) is 12.3. The first kappa shape index (κ1) is 19.7. The number of nitrogens with two attached hydrogens (primary N) is 3. The first-order chi connectivity index (χ1) is 10.9. The van der Waals surface area contributed by atoms with Crippen LogP contribution in [-0.2, 0) is 0 Å². The van der Waals surface area contributed by atoms with Crippen molar-refractivity contribution in [3.8, 4) is 0 Å². The molecule has 0 saturated carbocycles. The molecule has 6 N–H and O–H groups in total. The zero-order valence-corrected chi connectivity index (χ0v) is 14.7. The van der Waals surface area contributed by atoms with Gasteiger partial charge in [0.25, 0.3) is 5.91 Å². The van der Waals surface area contributed by atoms with Gasteiger partial charge in [0.1, 0.15) is 0 Å². The van der Waals surface area contributed by atoms with E-state index in [-0.39, 0.29) is 29.0 Å². The zero-order chi connectivity index (χ0) is 17.0. The molecule has 0 aromatic heterocycles. The number of hydrogen-bond donors (Lipinski definition) is 3. The minimum atomic E-state index is -0.584. The molecule has 0 spiro atoms. The van der Waals surface area contributed by atoms with E-state index < -0.39 is 5.91 Å². The molecule has 2 rings (SSSR count). The Balaban J connectivity index is 0.00000288. The van der Waals surface area contributed by atoms with Crippen LogP contribution in [0, 0.1) is 0 Å². The van der Waals surface area contributed by atoms with Crippen LogP contribution >= 0.6 is 36.2 Å². The van der Waals surface area contributed by atoms with Gasteiger partial charge in [0.15, 0.2) is 11.1 Å². The predicted octanol–water partition coefficient (Wildman–Crippen LogP) is 2.56. The lowest BCUT2D eigenvalue weighted by Gasteiger charge is -2.24. The van der Waals surface area contributed by atoms with Crippen LogP contribution in [-0.4, -0.2) is 17.0 Å². The minimum Gasteiger partial charge on any atom is -0.376 e. The second-order valence-electron chi connectivity index (χ2n) is 4.52. The number of halogens is 2. The maximum atomic E-state index is 12.0. The first-order valence-electron chi connectivity index (χ1n) is 6.48. The highest BCUT2D eigenvalue weighted by atomic mass is 35.5. The average Bonchev–Trinajstić information content (AvgIpc) is 2.49. The average molecular weight is 384 g/mol. The molecule has 1 amide bonds. The van der Waals surface area contributed by atoms with Crippen molar-refractivity contribution < 1.29 is 4.79 Å². The molecule has 0 aliphatic rings. The highest BCUT2D eigenvalue weighted by Gasteiger charge is 2.17. The number of amides is 1. The van der Waals surface area contributed by atoms with Crippen LogP contribution in [0.1, 0.15) is 10.4 Å². The Morgan fingerprint density at radius 1 is 1.08 bits per heavy atom. The van der Waals surface area contributed by atoms with E-state index >= 15 is 0 Å². The number of aliphatic imine (C=N–C) groups is 1. The lowest BCUT2D eigenvalue weighted by molar-refractivity contribution is 0.100. The molecule has 0 atom stereocenters. The second kappa shape index (κ2) is 8.49. The van der Waals surface area contributed by atoms with E-state index in [9.17, 15) is 4.79 Å². The minimum absolute atomic E-state index is 0. The summed E-state index contributed by atoms with van der Waals surface area (Å²) < 4.78 is 0. The molecule has 126 valence electrons. The Morgan fingerprint density at radius 3 is 2.25 bits per heavy atom. The molecule has 0 aliphatic carbocycles. The number of nitrogens with zero attached hydrogens (tertiary/aromatic N) is 2. The van der Waals surface area contributed by atoms with E-state index in [0.717, 1.165) is 0 Å². The quantitative estimate of drug-likeness (QED) is 0.426. The topological polar surface area (TPSA) is 111 Å². The van der Waals surface area contributed by atoms with Gasteiger partial charge in [0.2, 0.25) is 0 Å². The Labute approximate surface area is 155 Å². The molecular formula is C15H15Cl2N5OS. The molecule has 24 heavy (non-hydrogen) atoms. The van der Waals surface area contributed by atoms with Gasteiger partial charge >= 0.3 is 0 Å². The molecule has 0 unspecified atom stereocenters. The standard InChI is InChI=1S/C15H14ClN5OS.ClH/c16-11-7-6-9(13(22)20-14(17)18)8-12(11)21(15(19)23)10-4-2-1-3-5-10;/h1-8H,(H2,19,23)(H4,17,18,20,22);1H. The number of carbonyl (C=O) groups excluding carboxylic acids is 1. The van der Waals surface area contributed by atoms with Crippen molar-refractivity contribution in [2.24, 2.45) is 22.2 Å². The fourth-order valence-electron chi connectivity index (χ4n) is 1.96. The summed E-state index contributed by atoms with van der Waals surface area (Å²) in [5.74, 6) is -0.903. The maximum absolute atomic E-state index is 12.0. The normalized spacial score (nSPS) is 9.54. The van der Waals surface area contributed by atoms with Crippen LogP contribution in [0.3, 0.4) is 0 Å². The summed E-state index contributed by atoms with van der Waals surface area (Å²) in [7, 11) is 0. The van der Waals surface area contributed by atoms with E-state index in [1.807, 2.05) is 30.3 Å². The van der Waals surface area contributed by atoms with Gasteiger partial charge in [-0.3, -0.25) is 9.69 Å². The van der Waals surface area contributed by atoms with Crippen LogP contribution in [0.5, 0.6) is 0 Å². The van der Waals surface area contributed by atoms with Crippen LogP contribution in [0.15, 0.2) is 53.5 Å². The summed E-state index contributed by atoms with van der Waals surface area (Å²) in [6, 6.07) is 13.8. The Morgan fingerprint density at radius 2 is 1.71 bits per heavy atom. The number of para-hydroxylation sites is 1. The summed E-state index contributed by atoms with van der Waals surface area (Å²) in [4.78, 5) is 17.0. The number of hydrogen-bond acceptors (Lipinski definition) is 2. The summed E-state index contributed by atoms with van der Waals surface area (Å²) in [6.07, 6.45) is 0. The molecule has 0 aliphatic heterocycles. The van der Waals surface area contributed by atoms with Crippen LogP contribution in [0.4, 0.5) is 11.4 Å². The van der Waals surface area contributed by atoms with Gasteiger partial charge in [-0.05, 0) is 42.5 Å². The summed E-state index contributed by atoms with van der Waals surface area (Å²) >= 11 is 11.4. The van der Waals surface area contributed by atoms with Crippen molar-refractivity contribution in [2.75, 3.05) is 4.90 Å². The predicted molar refractivity (Wildman–Crippen MR) is 104 cm³/mol. The van der Waals surface area contributed by atoms with E-state index in [2.05, 4.69) is 4.99 Å². The number of anilines is 2. The van der Waals surface area contributed by atoms with Gasteiger partial charge in [0, 0.05) is 11.3 Å². The van der Waals surface area contributed by atoms with E-state index in [1.54, 1.807) is 11.0 Å². The van der Waals surface area contributed by atoms with E-state index in [4.69, 9.17) is 41.0 Å². The van der Waals surface area contributed by atoms with Crippen molar-refractivity contribution in [3.63, 3.8) is 0 Å². The molecule has 0 heterocycles. The fourth-order valence-corrected chi connectivity index (χ4v) is 2.37. The smallest absolute Gasteiger partial charge is 0.280 e. The highest BCUT2D eigenvalue weighted by molar-refractivity contribution is 7.80. The Hall–Kier alpha value is -2.35. The lowest BCUT2D eigenvalue weighted by Crippen LogP contribution is -2.31. The number of guanidine groups is 1. The Kier molecular flexibility index (Phi) is 6.97. The van der Waals surface area contributed by atoms with Gasteiger partial charge in [-0.15, -0.1) is 12.4 Å². The molecule has 6 nitrogen and oxygen atoms in total. The monoisotopic (exact) mass is 383 g/mol. The molecule has 0 fully saturated rings. The van der Waals surface area contributed by atoms with Gasteiger partial charge < -0.3 is 17.2 Å². The maximum Gasteiger partial charge on any atom is 0.280 e. The Bertz CT molecular complexity index is 779. The third kappa shape index (κ3) is 4.58. The number of carbonyl (C=O) groups is 1. The highest BCUT2D eigenvalue weighted by Crippen LogP contribution is 2.32. The molecule has 0 bridgehead atoms. The van der Waals surface area contributed by atoms with Crippen LogP contribution in [0.2, 0.25) is 5.02 Å². The van der Waals surface area contributed by atoms with Gasteiger partial charge in [-0.2, -0.15) is 4.99 Å². The third-order valence-electron chi connectivity index (χ3n) is 2.90. The van der Waals surface area contributed by atoms with Crippen molar-refractivity contribution in [1.29, 1.82) is 0 Å². The van der Waals surface area contributed by atoms with E-state index in [1.165, 1.54) is 12.1 Å². The van der Waals surface area contributed by atoms with Crippen LogP contribution < -0.4 is 22.1 Å². The van der Waals surface area contributed by atoms with Crippen molar-refractivity contribution in [3.05, 3.63) is 59.1 Å². The van der Waals surface area contributed by atoms with Crippen LogP contribution in [0.25, 0.3) is 0 Å².